The fourth-order valence-electron chi connectivity index (χ4n) is 1.44. The number of carbonyl (C=O) groups excluding carboxylic acids is 1. The van der Waals surface area contributed by atoms with Crippen LogP contribution in [0.2, 0.25) is 0 Å². The predicted molar refractivity (Wildman–Crippen MR) is 56.9 cm³/mol. The van der Waals surface area contributed by atoms with E-state index in [1.807, 2.05) is 0 Å². The van der Waals surface area contributed by atoms with Crippen molar-refractivity contribution in [3.8, 4) is 5.75 Å². The van der Waals surface area contributed by atoms with E-state index in [0.717, 1.165) is 9.86 Å². The Labute approximate surface area is 94.0 Å². The minimum Gasteiger partial charge on any atom is -0.543 e. The van der Waals surface area contributed by atoms with Crippen molar-refractivity contribution in [2.75, 3.05) is 7.11 Å². The normalized spacial score (nSPS) is 10.5. The molecule has 1 heterocycles. The first-order valence-corrected chi connectivity index (χ1v) is 4.99. The lowest BCUT2D eigenvalue weighted by Gasteiger charge is -2.02. The van der Waals surface area contributed by atoms with Gasteiger partial charge < -0.3 is 19.6 Å². The first kappa shape index (κ1) is 10.0. The molecule has 15 heavy (non-hydrogen) atoms. The van der Waals surface area contributed by atoms with E-state index in [9.17, 15) is 9.90 Å². The Morgan fingerprint density at radius 1 is 1.53 bits per heavy atom. The molecule has 0 saturated heterocycles. The van der Waals surface area contributed by atoms with Gasteiger partial charge in [0.05, 0.1) is 24.3 Å². The molecule has 0 aliphatic heterocycles. The van der Waals surface area contributed by atoms with E-state index in [1.54, 1.807) is 12.1 Å². The van der Waals surface area contributed by atoms with Gasteiger partial charge in [0, 0.05) is 9.86 Å². The number of aromatic carboxylic acids is 1. The number of carboxylic acids is 1. The van der Waals surface area contributed by atoms with Gasteiger partial charge in [-0.1, -0.05) is 15.9 Å². The van der Waals surface area contributed by atoms with Crippen molar-refractivity contribution in [2.45, 2.75) is 0 Å². The highest BCUT2D eigenvalue weighted by Crippen LogP contribution is 2.31. The second-order valence-corrected chi connectivity index (χ2v) is 3.86. The number of hydrogen-bond acceptors (Lipinski definition) is 3. The van der Waals surface area contributed by atoms with Crippen LogP contribution in [0, 0.1) is 0 Å². The summed E-state index contributed by atoms with van der Waals surface area (Å²) in [4.78, 5) is 13.4. The fraction of sp³-hybridized carbons (Fsp3) is 0.100. The van der Waals surface area contributed by atoms with Crippen LogP contribution in [0.15, 0.2) is 22.7 Å². The molecule has 0 radical (unpaired) electrons. The second-order valence-electron chi connectivity index (χ2n) is 3.01. The lowest BCUT2D eigenvalue weighted by Crippen LogP contribution is -2.22. The van der Waals surface area contributed by atoms with Crippen molar-refractivity contribution in [3.63, 3.8) is 0 Å². The van der Waals surface area contributed by atoms with Gasteiger partial charge in [-0.15, -0.1) is 0 Å². The van der Waals surface area contributed by atoms with Crippen LogP contribution in [-0.4, -0.2) is 18.1 Å². The molecule has 0 aliphatic carbocycles. The number of aromatic nitrogens is 1. The topological polar surface area (TPSA) is 65.2 Å². The number of nitrogens with one attached hydrogen (secondary N) is 1. The zero-order valence-electron chi connectivity index (χ0n) is 7.83. The third-order valence-electron chi connectivity index (χ3n) is 2.14. The molecule has 0 fully saturated rings. The Bertz CT molecular complexity index is 533. The van der Waals surface area contributed by atoms with Gasteiger partial charge in [-0.05, 0) is 18.2 Å². The number of ether oxygens (including phenoxy) is 1. The number of methoxy groups -OCH3 is 1. The van der Waals surface area contributed by atoms with E-state index in [2.05, 4.69) is 20.9 Å². The fourth-order valence-corrected chi connectivity index (χ4v) is 1.88. The number of hydrogen-bond donors (Lipinski definition) is 1. The average Bonchev–Trinajstić information content (AvgIpc) is 2.64. The second kappa shape index (κ2) is 3.58. The van der Waals surface area contributed by atoms with Gasteiger partial charge >= 0.3 is 0 Å². The van der Waals surface area contributed by atoms with E-state index >= 15 is 0 Å². The summed E-state index contributed by atoms with van der Waals surface area (Å²) in [5.74, 6) is -0.638. The first-order chi connectivity index (χ1) is 7.13. The summed E-state index contributed by atoms with van der Waals surface area (Å²) in [6.07, 6.45) is 0. The molecule has 1 aromatic heterocycles. The number of carboxylic acid groups (broad SMARTS) is 1. The highest BCUT2D eigenvalue weighted by Gasteiger charge is 2.09. The summed E-state index contributed by atoms with van der Waals surface area (Å²) in [7, 11) is 1.53. The molecule has 4 nitrogen and oxygen atoms in total. The molecular formula is C10H7BrNO3-. The average molecular weight is 269 g/mol. The van der Waals surface area contributed by atoms with Crippen molar-refractivity contribution in [1.82, 2.24) is 4.98 Å². The Hall–Kier alpha value is -1.49. The zero-order valence-corrected chi connectivity index (χ0v) is 9.42. The number of carbonyl (C=O) groups is 1. The highest BCUT2D eigenvalue weighted by atomic mass is 79.9. The molecule has 1 aromatic carbocycles. The Morgan fingerprint density at radius 2 is 2.27 bits per heavy atom. The van der Waals surface area contributed by atoms with Crippen molar-refractivity contribution in [1.29, 1.82) is 0 Å². The van der Waals surface area contributed by atoms with E-state index < -0.39 is 5.97 Å². The van der Waals surface area contributed by atoms with Crippen LogP contribution in [0.25, 0.3) is 10.9 Å². The summed E-state index contributed by atoms with van der Waals surface area (Å²) in [5, 5.41) is 11.4. The summed E-state index contributed by atoms with van der Waals surface area (Å²) in [6.45, 7) is 0. The van der Waals surface area contributed by atoms with E-state index in [-0.39, 0.29) is 5.69 Å². The largest absolute Gasteiger partial charge is 0.543 e. The van der Waals surface area contributed by atoms with Gasteiger partial charge in [-0.3, -0.25) is 0 Å². The Balaban J connectivity index is 2.77. The summed E-state index contributed by atoms with van der Waals surface area (Å²) >= 11 is 3.33. The van der Waals surface area contributed by atoms with E-state index in [1.165, 1.54) is 13.2 Å². The molecule has 0 spiro atoms. The van der Waals surface area contributed by atoms with Crippen molar-refractivity contribution in [2.24, 2.45) is 0 Å². The summed E-state index contributed by atoms with van der Waals surface area (Å²) < 4.78 is 5.92. The van der Waals surface area contributed by atoms with Crippen molar-refractivity contribution >= 4 is 32.8 Å². The third kappa shape index (κ3) is 1.59. The number of fused-ring (bicyclic) bond motifs is 1. The number of halogens is 1. The molecule has 0 bridgehead atoms. The Kier molecular flexibility index (Phi) is 2.40. The minimum absolute atomic E-state index is 0.0372. The molecule has 2 aromatic rings. The number of H-pyrrole nitrogens is 1. The maximum Gasteiger partial charge on any atom is 0.143 e. The number of benzene rings is 1. The van der Waals surface area contributed by atoms with Crippen LogP contribution >= 0.6 is 15.9 Å². The maximum absolute atomic E-state index is 10.7. The molecule has 0 aliphatic rings. The quantitative estimate of drug-likeness (QED) is 0.893. The smallest absolute Gasteiger partial charge is 0.143 e. The monoisotopic (exact) mass is 268 g/mol. The predicted octanol–water partition coefficient (Wildman–Crippen LogP) is 1.30. The van der Waals surface area contributed by atoms with Gasteiger partial charge in [-0.2, -0.15) is 0 Å². The van der Waals surface area contributed by atoms with Crippen LogP contribution in [0.4, 0.5) is 0 Å². The van der Waals surface area contributed by atoms with Crippen molar-refractivity contribution in [3.05, 3.63) is 28.4 Å². The van der Waals surface area contributed by atoms with Crippen LogP contribution in [0.1, 0.15) is 10.5 Å². The number of aromatic amines is 1. The molecule has 0 amide bonds. The molecule has 1 N–H and O–H groups in total. The standard InChI is InChI=1S/C10H8BrNO3/c1-15-8-3-2-6(11)5-4-7(10(13)14)12-9(5)8/h2-4,12H,1H3,(H,13,14)/p-1. The van der Waals surface area contributed by atoms with Crippen LogP contribution in [-0.2, 0) is 0 Å². The molecule has 0 unspecified atom stereocenters. The zero-order chi connectivity index (χ0) is 11.0. The molecular weight excluding hydrogens is 262 g/mol. The lowest BCUT2D eigenvalue weighted by atomic mass is 10.2. The van der Waals surface area contributed by atoms with Crippen LogP contribution in [0.5, 0.6) is 5.75 Å². The molecule has 78 valence electrons. The maximum atomic E-state index is 10.7. The number of rotatable bonds is 2. The van der Waals surface area contributed by atoms with Gasteiger partial charge in [0.2, 0.25) is 0 Å². The van der Waals surface area contributed by atoms with Crippen LogP contribution < -0.4 is 9.84 Å². The summed E-state index contributed by atoms with van der Waals surface area (Å²) in [5.41, 5.74) is 0.682. The van der Waals surface area contributed by atoms with E-state index in [4.69, 9.17) is 4.74 Å². The van der Waals surface area contributed by atoms with Gasteiger partial charge in [0.25, 0.3) is 0 Å². The first-order valence-electron chi connectivity index (χ1n) is 4.20. The van der Waals surface area contributed by atoms with Gasteiger partial charge in [0.15, 0.2) is 0 Å². The Morgan fingerprint density at radius 3 is 2.87 bits per heavy atom. The third-order valence-corrected chi connectivity index (χ3v) is 2.83. The van der Waals surface area contributed by atoms with Crippen LogP contribution in [0.3, 0.4) is 0 Å². The summed E-state index contributed by atoms with van der Waals surface area (Å²) in [6, 6.07) is 5.06. The van der Waals surface area contributed by atoms with Gasteiger partial charge in [-0.25, -0.2) is 0 Å². The highest BCUT2D eigenvalue weighted by molar-refractivity contribution is 9.10. The molecule has 0 saturated carbocycles. The van der Waals surface area contributed by atoms with Crippen molar-refractivity contribution < 1.29 is 14.6 Å². The van der Waals surface area contributed by atoms with Gasteiger partial charge in [0.1, 0.15) is 5.75 Å². The molecule has 0 atom stereocenters. The molecule has 2 rings (SSSR count). The minimum atomic E-state index is -1.24. The SMILES string of the molecule is COc1ccc(Br)c2cc(C(=O)[O-])[nH]c12. The lowest BCUT2D eigenvalue weighted by molar-refractivity contribution is -0.255. The molecule has 5 heteroatoms. The van der Waals surface area contributed by atoms with E-state index in [0.29, 0.717) is 11.3 Å².